The first-order valence-corrected chi connectivity index (χ1v) is 9.50. The molecule has 8 heteroatoms. The van der Waals surface area contributed by atoms with E-state index in [1.165, 1.54) is 11.2 Å². The highest BCUT2D eigenvalue weighted by Crippen LogP contribution is 2.31. The zero-order valence-electron chi connectivity index (χ0n) is 13.8. The summed E-state index contributed by atoms with van der Waals surface area (Å²) in [6.07, 6.45) is 3.41. The minimum Gasteiger partial charge on any atom is -0.327 e. The Bertz CT molecular complexity index is 723. The lowest BCUT2D eigenvalue weighted by atomic mass is 10.0. The molecule has 1 fully saturated rings. The van der Waals surface area contributed by atoms with E-state index in [0.29, 0.717) is 19.6 Å². The van der Waals surface area contributed by atoms with Crippen LogP contribution in [0.15, 0.2) is 23.1 Å². The molecule has 2 N–H and O–H groups in total. The molecule has 1 saturated heterocycles. The second-order valence-corrected chi connectivity index (χ2v) is 8.27. The number of benzene rings is 1. The first-order valence-electron chi connectivity index (χ1n) is 8.06. The van der Waals surface area contributed by atoms with E-state index in [9.17, 15) is 13.2 Å². The molecule has 0 bridgehead atoms. The van der Waals surface area contributed by atoms with Crippen molar-refractivity contribution >= 4 is 34.0 Å². The molecule has 0 aromatic heterocycles. The summed E-state index contributed by atoms with van der Waals surface area (Å²) in [5.74, 6) is -0.0551. The van der Waals surface area contributed by atoms with E-state index in [-0.39, 0.29) is 29.3 Å². The van der Waals surface area contributed by atoms with Gasteiger partial charge in [0.1, 0.15) is 0 Å². The number of amides is 1. The third-order valence-electron chi connectivity index (χ3n) is 4.61. The van der Waals surface area contributed by atoms with Crippen LogP contribution in [0.2, 0.25) is 0 Å². The van der Waals surface area contributed by atoms with Crippen LogP contribution in [0.1, 0.15) is 31.7 Å². The number of anilines is 1. The molecule has 0 spiro atoms. The summed E-state index contributed by atoms with van der Waals surface area (Å²) in [5.41, 5.74) is 7.67. The summed E-state index contributed by atoms with van der Waals surface area (Å²) in [5, 5.41) is 0. The molecule has 24 heavy (non-hydrogen) atoms. The van der Waals surface area contributed by atoms with Crippen LogP contribution in [0.4, 0.5) is 5.69 Å². The number of hydrogen-bond donors (Lipinski definition) is 1. The van der Waals surface area contributed by atoms with Crippen molar-refractivity contribution in [1.82, 2.24) is 4.31 Å². The van der Waals surface area contributed by atoms with E-state index in [1.807, 2.05) is 6.07 Å². The summed E-state index contributed by atoms with van der Waals surface area (Å²) >= 11 is 0. The highest BCUT2D eigenvalue weighted by Gasteiger charge is 2.30. The number of piperidine rings is 1. The minimum atomic E-state index is -3.56. The SMILES string of the molecule is CC(=O)N1CCCc2ccc(S(=O)(=O)N3CCCC(N)C3)cc21.Cl. The van der Waals surface area contributed by atoms with Crippen LogP contribution in [-0.4, -0.2) is 44.3 Å². The summed E-state index contributed by atoms with van der Waals surface area (Å²) in [4.78, 5) is 13.7. The summed E-state index contributed by atoms with van der Waals surface area (Å²) in [7, 11) is -3.56. The van der Waals surface area contributed by atoms with Crippen LogP contribution in [0.25, 0.3) is 0 Å². The topological polar surface area (TPSA) is 83.7 Å². The van der Waals surface area contributed by atoms with E-state index < -0.39 is 10.0 Å². The standard InChI is InChI=1S/C16H23N3O3S.ClH/c1-12(20)19-9-2-4-13-6-7-15(10-16(13)19)23(21,22)18-8-3-5-14(17)11-18;/h6-7,10,14H,2-5,8-9,11,17H2,1H3;1H. The van der Waals surface area contributed by atoms with Crippen LogP contribution in [-0.2, 0) is 21.2 Å². The number of aryl methyl sites for hydroxylation is 1. The van der Waals surface area contributed by atoms with Crippen LogP contribution < -0.4 is 10.6 Å². The molecule has 0 aliphatic carbocycles. The number of halogens is 1. The lowest BCUT2D eigenvalue weighted by molar-refractivity contribution is -0.116. The Labute approximate surface area is 149 Å². The van der Waals surface area contributed by atoms with Crippen LogP contribution in [0.5, 0.6) is 0 Å². The lowest BCUT2D eigenvalue weighted by Crippen LogP contribution is -2.45. The van der Waals surface area contributed by atoms with Gasteiger partial charge in [0.2, 0.25) is 15.9 Å². The smallest absolute Gasteiger partial charge is 0.243 e. The average molecular weight is 374 g/mol. The Morgan fingerprint density at radius 3 is 2.67 bits per heavy atom. The maximum absolute atomic E-state index is 12.9. The second-order valence-electron chi connectivity index (χ2n) is 6.33. The van der Waals surface area contributed by atoms with Gasteiger partial charge in [-0.25, -0.2) is 8.42 Å². The zero-order chi connectivity index (χ0) is 16.6. The van der Waals surface area contributed by atoms with Crippen LogP contribution >= 0.6 is 12.4 Å². The normalized spacial score (nSPS) is 21.8. The van der Waals surface area contributed by atoms with Gasteiger partial charge in [0, 0.05) is 38.3 Å². The Hall–Kier alpha value is -1.15. The number of carbonyl (C=O) groups excluding carboxylic acids is 1. The van der Waals surface area contributed by atoms with Crippen molar-refractivity contribution in [3.63, 3.8) is 0 Å². The molecule has 1 aromatic carbocycles. The van der Waals surface area contributed by atoms with Gasteiger partial charge in [-0.15, -0.1) is 12.4 Å². The molecule has 1 unspecified atom stereocenters. The number of rotatable bonds is 2. The van der Waals surface area contributed by atoms with E-state index in [2.05, 4.69) is 0 Å². The van der Waals surface area contributed by atoms with Gasteiger partial charge in [-0.2, -0.15) is 4.31 Å². The quantitative estimate of drug-likeness (QED) is 0.851. The van der Waals surface area contributed by atoms with E-state index in [4.69, 9.17) is 5.73 Å². The molecule has 1 atom stereocenters. The molecule has 2 aliphatic heterocycles. The van der Waals surface area contributed by atoms with Gasteiger partial charge in [0.25, 0.3) is 0 Å². The number of hydrogen-bond acceptors (Lipinski definition) is 4. The van der Waals surface area contributed by atoms with Gasteiger partial charge in [-0.05, 0) is 43.4 Å². The van der Waals surface area contributed by atoms with Crippen molar-refractivity contribution in [3.8, 4) is 0 Å². The van der Waals surface area contributed by atoms with Crippen molar-refractivity contribution in [1.29, 1.82) is 0 Å². The summed E-state index contributed by atoms with van der Waals surface area (Å²) < 4.78 is 27.2. The third kappa shape index (κ3) is 3.59. The molecule has 6 nitrogen and oxygen atoms in total. The van der Waals surface area contributed by atoms with Crippen molar-refractivity contribution in [2.75, 3.05) is 24.5 Å². The minimum absolute atomic E-state index is 0. The van der Waals surface area contributed by atoms with Crippen molar-refractivity contribution in [3.05, 3.63) is 23.8 Å². The first-order chi connectivity index (χ1) is 10.9. The van der Waals surface area contributed by atoms with Crippen molar-refractivity contribution in [2.45, 2.75) is 43.5 Å². The van der Waals surface area contributed by atoms with E-state index in [0.717, 1.165) is 36.9 Å². The monoisotopic (exact) mass is 373 g/mol. The lowest BCUT2D eigenvalue weighted by Gasteiger charge is -2.32. The Morgan fingerprint density at radius 2 is 2.00 bits per heavy atom. The number of nitrogens with two attached hydrogens (primary N) is 1. The zero-order valence-corrected chi connectivity index (χ0v) is 15.4. The Morgan fingerprint density at radius 1 is 1.25 bits per heavy atom. The number of fused-ring (bicyclic) bond motifs is 1. The molecule has 1 amide bonds. The third-order valence-corrected chi connectivity index (χ3v) is 6.47. The van der Waals surface area contributed by atoms with Gasteiger partial charge in [-0.3, -0.25) is 4.79 Å². The molecular formula is C16H24ClN3O3S. The maximum atomic E-state index is 12.9. The summed E-state index contributed by atoms with van der Waals surface area (Å²) in [6.45, 7) is 3.01. The Balaban J connectivity index is 0.00000208. The molecule has 2 heterocycles. The molecular weight excluding hydrogens is 350 g/mol. The highest BCUT2D eigenvalue weighted by molar-refractivity contribution is 7.89. The number of nitrogens with zero attached hydrogens (tertiary/aromatic N) is 2. The van der Waals surface area contributed by atoms with E-state index >= 15 is 0 Å². The Kier molecular flexibility index (Phi) is 5.91. The largest absolute Gasteiger partial charge is 0.327 e. The fourth-order valence-electron chi connectivity index (χ4n) is 3.38. The van der Waals surface area contributed by atoms with Crippen molar-refractivity contribution < 1.29 is 13.2 Å². The summed E-state index contributed by atoms with van der Waals surface area (Å²) in [6, 6.07) is 5.02. The molecule has 1 aromatic rings. The number of carbonyl (C=O) groups is 1. The van der Waals surface area contributed by atoms with Gasteiger partial charge in [0.05, 0.1) is 4.90 Å². The molecule has 2 aliphatic rings. The predicted octanol–water partition coefficient (Wildman–Crippen LogP) is 1.52. The molecule has 3 rings (SSSR count). The number of sulfonamides is 1. The van der Waals surface area contributed by atoms with E-state index in [1.54, 1.807) is 17.0 Å². The second kappa shape index (κ2) is 7.39. The van der Waals surface area contributed by atoms with Gasteiger partial charge >= 0.3 is 0 Å². The first kappa shape index (κ1) is 19.2. The molecule has 0 saturated carbocycles. The predicted molar refractivity (Wildman–Crippen MR) is 96.0 cm³/mol. The fourth-order valence-corrected chi connectivity index (χ4v) is 4.94. The van der Waals surface area contributed by atoms with Crippen LogP contribution in [0.3, 0.4) is 0 Å². The van der Waals surface area contributed by atoms with Gasteiger partial charge in [-0.1, -0.05) is 6.07 Å². The maximum Gasteiger partial charge on any atom is 0.243 e. The van der Waals surface area contributed by atoms with Crippen LogP contribution in [0, 0.1) is 0 Å². The molecule has 134 valence electrons. The molecule has 0 radical (unpaired) electrons. The van der Waals surface area contributed by atoms with Crippen molar-refractivity contribution in [2.24, 2.45) is 5.73 Å². The fraction of sp³-hybridized carbons (Fsp3) is 0.562. The van der Waals surface area contributed by atoms with Gasteiger partial charge in [0.15, 0.2) is 0 Å². The highest BCUT2D eigenvalue weighted by atomic mass is 35.5. The van der Waals surface area contributed by atoms with Gasteiger partial charge < -0.3 is 10.6 Å². The average Bonchev–Trinajstić information content (AvgIpc) is 2.53.